The van der Waals surface area contributed by atoms with Crippen LogP contribution in [-0.2, 0) is 4.79 Å². The predicted molar refractivity (Wildman–Crippen MR) is 62.5 cm³/mol. The lowest BCUT2D eigenvalue weighted by Gasteiger charge is -2.28. The second-order valence-corrected chi connectivity index (χ2v) is 4.73. The number of nitrogens with two attached hydrogens (primary N) is 1. The first-order chi connectivity index (χ1) is 7.15. The summed E-state index contributed by atoms with van der Waals surface area (Å²) in [6.07, 6.45) is 6.24. The summed E-state index contributed by atoms with van der Waals surface area (Å²) in [5.41, 5.74) is 5.83. The Labute approximate surface area is 93.0 Å². The van der Waals surface area contributed by atoms with Crippen molar-refractivity contribution in [2.24, 2.45) is 11.7 Å². The summed E-state index contributed by atoms with van der Waals surface area (Å²) in [5, 5.41) is 0. The van der Waals surface area contributed by atoms with Gasteiger partial charge in [-0.1, -0.05) is 13.3 Å². The fraction of sp³-hybridized carbons (Fsp3) is 0.917. The molecular formula is C12H24N2O. The van der Waals surface area contributed by atoms with Crippen LogP contribution in [0.5, 0.6) is 0 Å². The molecule has 0 radical (unpaired) electrons. The number of carbonyl (C=O) groups is 1. The van der Waals surface area contributed by atoms with Gasteiger partial charge in [0.25, 0.3) is 0 Å². The average Bonchev–Trinajstić information content (AvgIpc) is 2.26. The second-order valence-electron chi connectivity index (χ2n) is 4.73. The maximum absolute atomic E-state index is 12.0. The molecule has 0 aliphatic heterocycles. The monoisotopic (exact) mass is 212 g/mol. The van der Waals surface area contributed by atoms with Crippen LogP contribution in [-0.4, -0.2) is 30.4 Å². The van der Waals surface area contributed by atoms with E-state index in [2.05, 4.69) is 6.92 Å². The number of unbranched alkanes of at least 4 members (excludes halogenated alkanes) is 1. The molecule has 0 aromatic rings. The van der Waals surface area contributed by atoms with Crippen molar-refractivity contribution in [1.82, 2.24) is 4.90 Å². The van der Waals surface area contributed by atoms with E-state index in [9.17, 15) is 4.79 Å². The van der Waals surface area contributed by atoms with Gasteiger partial charge in [0.05, 0.1) is 0 Å². The molecule has 1 aliphatic rings. The summed E-state index contributed by atoms with van der Waals surface area (Å²) in [6.45, 7) is 3.05. The van der Waals surface area contributed by atoms with Crippen LogP contribution in [0.25, 0.3) is 0 Å². The van der Waals surface area contributed by atoms with E-state index < -0.39 is 0 Å². The van der Waals surface area contributed by atoms with Crippen molar-refractivity contribution >= 4 is 5.91 Å². The summed E-state index contributed by atoms with van der Waals surface area (Å²) in [6, 6.07) is 0.329. The van der Waals surface area contributed by atoms with Crippen molar-refractivity contribution in [2.75, 3.05) is 13.6 Å². The van der Waals surface area contributed by atoms with Crippen molar-refractivity contribution in [3.05, 3.63) is 0 Å². The third-order valence-corrected chi connectivity index (χ3v) is 3.34. The molecule has 88 valence electrons. The normalized spacial score (nSPS) is 26.3. The number of hydrogen-bond acceptors (Lipinski definition) is 2. The largest absolute Gasteiger partial charge is 0.346 e. The molecule has 1 rings (SSSR count). The molecule has 0 spiro atoms. The van der Waals surface area contributed by atoms with Crippen LogP contribution in [0.4, 0.5) is 0 Å². The molecule has 0 aromatic carbocycles. The molecule has 1 saturated carbocycles. The third kappa shape index (κ3) is 3.82. The molecule has 3 heteroatoms. The van der Waals surface area contributed by atoms with Gasteiger partial charge in [-0.05, 0) is 32.1 Å². The topological polar surface area (TPSA) is 46.3 Å². The Morgan fingerprint density at radius 2 is 1.93 bits per heavy atom. The first-order valence-corrected chi connectivity index (χ1v) is 6.15. The highest BCUT2D eigenvalue weighted by Crippen LogP contribution is 2.24. The van der Waals surface area contributed by atoms with Crippen LogP contribution in [0.1, 0.15) is 45.4 Å². The van der Waals surface area contributed by atoms with Crippen LogP contribution in [0, 0.1) is 5.92 Å². The van der Waals surface area contributed by atoms with Crippen molar-refractivity contribution in [3.8, 4) is 0 Å². The van der Waals surface area contributed by atoms with E-state index in [4.69, 9.17) is 5.73 Å². The molecule has 0 bridgehead atoms. The molecule has 15 heavy (non-hydrogen) atoms. The van der Waals surface area contributed by atoms with E-state index in [0.717, 1.165) is 45.1 Å². The molecule has 0 unspecified atom stereocenters. The molecule has 2 N–H and O–H groups in total. The Bertz CT molecular complexity index is 198. The Morgan fingerprint density at radius 1 is 1.33 bits per heavy atom. The van der Waals surface area contributed by atoms with Crippen molar-refractivity contribution in [3.63, 3.8) is 0 Å². The lowest BCUT2D eigenvalue weighted by Crippen LogP contribution is -2.37. The smallest absolute Gasteiger partial charge is 0.225 e. The van der Waals surface area contributed by atoms with Crippen LogP contribution in [0.2, 0.25) is 0 Å². The van der Waals surface area contributed by atoms with Gasteiger partial charge in [-0.15, -0.1) is 0 Å². The Hall–Kier alpha value is -0.570. The van der Waals surface area contributed by atoms with Crippen molar-refractivity contribution < 1.29 is 4.79 Å². The summed E-state index contributed by atoms with van der Waals surface area (Å²) in [5.74, 6) is 0.571. The SMILES string of the molecule is CCCCN(C)C(=O)C1CCC(N)CC1. The lowest BCUT2D eigenvalue weighted by atomic mass is 9.85. The highest BCUT2D eigenvalue weighted by Gasteiger charge is 2.26. The number of carbonyl (C=O) groups excluding carboxylic acids is 1. The van der Waals surface area contributed by atoms with Gasteiger partial charge >= 0.3 is 0 Å². The maximum atomic E-state index is 12.0. The summed E-state index contributed by atoms with van der Waals surface area (Å²) < 4.78 is 0. The molecule has 0 saturated heterocycles. The van der Waals surface area contributed by atoms with E-state index in [0.29, 0.717) is 11.9 Å². The van der Waals surface area contributed by atoms with Crippen molar-refractivity contribution in [2.45, 2.75) is 51.5 Å². The van der Waals surface area contributed by atoms with Crippen LogP contribution >= 0.6 is 0 Å². The second kappa shape index (κ2) is 6.11. The zero-order chi connectivity index (χ0) is 11.3. The summed E-state index contributed by atoms with van der Waals surface area (Å²) in [7, 11) is 1.92. The minimum Gasteiger partial charge on any atom is -0.346 e. The standard InChI is InChI=1S/C12H24N2O/c1-3-4-9-14(2)12(15)10-5-7-11(13)8-6-10/h10-11H,3-9,13H2,1-2H3. The molecule has 0 heterocycles. The quantitative estimate of drug-likeness (QED) is 0.772. The van der Waals surface area contributed by atoms with Gasteiger partial charge in [-0.2, -0.15) is 0 Å². The molecule has 1 aliphatic carbocycles. The zero-order valence-corrected chi connectivity index (χ0v) is 10.0. The fourth-order valence-electron chi connectivity index (χ4n) is 2.18. The lowest BCUT2D eigenvalue weighted by molar-refractivity contribution is -0.135. The first kappa shape index (κ1) is 12.5. The molecule has 0 aromatic heterocycles. The number of hydrogen-bond donors (Lipinski definition) is 1. The van der Waals surface area contributed by atoms with Gasteiger partial charge in [-0.3, -0.25) is 4.79 Å². The van der Waals surface area contributed by atoms with E-state index in [-0.39, 0.29) is 5.92 Å². The average molecular weight is 212 g/mol. The number of rotatable bonds is 4. The van der Waals surface area contributed by atoms with Gasteiger partial charge in [0.15, 0.2) is 0 Å². The summed E-state index contributed by atoms with van der Waals surface area (Å²) >= 11 is 0. The molecule has 1 amide bonds. The Kier molecular flexibility index (Phi) is 5.09. The van der Waals surface area contributed by atoms with Crippen LogP contribution < -0.4 is 5.73 Å². The highest BCUT2D eigenvalue weighted by molar-refractivity contribution is 5.78. The van der Waals surface area contributed by atoms with E-state index in [1.54, 1.807) is 0 Å². The minimum atomic E-state index is 0.242. The van der Waals surface area contributed by atoms with E-state index in [1.807, 2.05) is 11.9 Å². The van der Waals surface area contributed by atoms with Gasteiger partial charge in [0.2, 0.25) is 5.91 Å². The highest BCUT2D eigenvalue weighted by atomic mass is 16.2. The maximum Gasteiger partial charge on any atom is 0.225 e. The van der Waals surface area contributed by atoms with E-state index >= 15 is 0 Å². The van der Waals surface area contributed by atoms with Crippen LogP contribution in [0.15, 0.2) is 0 Å². The molecule has 1 fully saturated rings. The zero-order valence-electron chi connectivity index (χ0n) is 10.0. The number of amides is 1. The van der Waals surface area contributed by atoms with Gasteiger partial charge in [-0.25, -0.2) is 0 Å². The number of nitrogens with zero attached hydrogens (tertiary/aromatic N) is 1. The minimum absolute atomic E-state index is 0.242. The fourth-order valence-corrected chi connectivity index (χ4v) is 2.18. The third-order valence-electron chi connectivity index (χ3n) is 3.34. The Balaban J connectivity index is 2.32. The van der Waals surface area contributed by atoms with Crippen LogP contribution in [0.3, 0.4) is 0 Å². The predicted octanol–water partition coefficient (Wildman–Crippen LogP) is 1.76. The van der Waals surface area contributed by atoms with Crippen molar-refractivity contribution in [1.29, 1.82) is 0 Å². The molecule has 0 atom stereocenters. The Morgan fingerprint density at radius 3 is 2.47 bits per heavy atom. The first-order valence-electron chi connectivity index (χ1n) is 6.15. The van der Waals surface area contributed by atoms with Gasteiger partial charge < -0.3 is 10.6 Å². The van der Waals surface area contributed by atoms with Gasteiger partial charge in [0, 0.05) is 25.6 Å². The van der Waals surface area contributed by atoms with E-state index in [1.165, 1.54) is 0 Å². The molecule has 3 nitrogen and oxygen atoms in total. The molecular weight excluding hydrogens is 188 g/mol. The van der Waals surface area contributed by atoms with Gasteiger partial charge in [0.1, 0.15) is 0 Å². The summed E-state index contributed by atoms with van der Waals surface area (Å²) in [4.78, 5) is 13.9.